The van der Waals surface area contributed by atoms with Crippen LogP contribution in [-0.2, 0) is 22.7 Å². The average Bonchev–Trinajstić information content (AvgIpc) is 3.18. The van der Waals surface area contributed by atoms with Crippen molar-refractivity contribution >= 4 is 40.3 Å². The zero-order valence-electron chi connectivity index (χ0n) is 20.6. The summed E-state index contributed by atoms with van der Waals surface area (Å²) in [6.07, 6.45) is 1.38. The number of imide groups is 1. The number of hydrogen-bond donors (Lipinski definition) is 2. The number of likely N-dealkylation sites (tertiary alicyclic amines) is 1. The Hall–Kier alpha value is -2.57. The molecule has 2 saturated heterocycles. The lowest BCUT2D eigenvalue weighted by Crippen LogP contribution is -2.54. The molecule has 2 aromatic rings. The molecule has 0 saturated carbocycles. The summed E-state index contributed by atoms with van der Waals surface area (Å²) in [6.45, 7) is 5.56. The number of rotatable bonds is 7. The highest BCUT2D eigenvalue weighted by molar-refractivity contribution is 14.1. The van der Waals surface area contributed by atoms with Gasteiger partial charge in [0.1, 0.15) is 23.7 Å². The molecule has 2 aromatic carbocycles. The minimum atomic E-state index is -0.638. The molecule has 37 heavy (non-hydrogen) atoms. The quantitative estimate of drug-likeness (QED) is 0.366. The van der Waals surface area contributed by atoms with Gasteiger partial charge in [-0.15, -0.1) is 0 Å². The summed E-state index contributed by atoms with van der Waals surface area (Å²) in [4.78, 5) is 40.7. The smallest absolute Gasteiger partial charge is 0.255 e. The Kier molecular flexibility index (Phi) is 7.77. The summed E-state index contributed by atoms with van der Waals surface area (Å²) in [5.74, 6) is -0.457. The zero-order valence-corrected chi connectivity index (χ0v) is 22.8. The molecule has 0 aliphatic carbocycles. The van der Waals surface area contributed by atoms with Crippen molar-refractivity contribution in [3.63, 3.8) is 0 Å². The van der Waals surface area contributed by atoms with E-state index < -0.39 is 11.9 Å². The predicted molar refractivity (Wildman–Crippen MR) is 143 cm³/mol. The van der Waals surface area contributed by atoms with Gasteiger partial charge in [-0.2, -0.15) is 0 Å². The van der Waals surface area contributed by atoms with E-state index in [1.54, 1.807) is 17.0 Å². The molecule has 2 fully saturated rings. The summed E-state index contributed by atoms with van der Waals surface area (Å²) in [5, 5.41) is 5.88. The van der Waals surface area contributed by atoms with Crippen LogP contribution in [0.4, 0.5) is 4.39 Å². The first-order valence-electron chi connectivity index (χ1n) is 12.7. The number of hydrogen-bond acceptors (Lipinski definition) is 6. The van der Waals surface area contributed by atoms with Gasteiger partial charge in [-0.1, -0.05) is 13.0 Å². The molecule has 8 nitrogen and oxygen atoms in total. The van der Waals surface area contributed by atoms with Crippen molar-refractivity contribution < 1.29 is 23.5 Å². The fourth-order valence-electron chi connectivity index (χ4n) is 5.43. The molecule has 1 unspecified atom stereocenters. The summed E-state index contributed by atoms with van der Waals surface area (Å²) in [6, 6.07) is 9.92. The van der Waals surface area contributed by atoms with Gasteiger partial charge in [-0.3, -0.25) is 24.6 Å². The van der Waals surface area contributed by atoms with Crippen LogP contribution in [0.5, 0.6) is 5.75 Å². The van der Waals surface area contributed by atoms with Gasteiger partial charge < -0.3 is 15.0 Å². The lowest BCUT2D eigenvalue weighted by Gasteiger charge is -2.39. The average molecular weight is 620 g/mol. The van der Waals surface area contributed by atoms with E-state index in [0.717, 1.165) is 40.8 Å². The Balaban J connectivity index is 1.29. The maximum Gasteiger partial charge on any atom is 0.255 e. The van der Waals surface area contributed by atoms with Gasteiger partial charge in [-0.05, 0) is 83.4 Å². The Morgan fingerprint density at radius 3 is 2.76 bits per heavy atom. The molecule has 0 spiro atoms. The monoisotopic (exact) mass is 620 g/mol. The van der Waals surface area contributed by atoms with Crippen LogP contribution in [0.3, 0.4) is 0 Å². The van der Waals surface area contributed by atoms with Crippen LogP contribution in [0.15, 0.2) is 36.4 Å². The predicted octanol–water partition coefficient (Wildman–Crippen LogP) is 2.82. The van der Waals surface area contributed by atoms with E-state index in [4.69, 9.17) is 4.74 Å². The fraction of sp³-hybridized carbons (Fsp3) is 0.444. The number of ether oxygens (including phenoxy) is 1. The van der Waals surface area contributed by atoms with Crippen molar-refractivity contribution in [3.8, 4) is 5.75 Å². The number of piperidine rings is 2. The summed E-state index contributed by atoms with van der Waals surface area (Å²) < 4.78 is 21.0. The molecule has 2 N–H and O–H groups in total. The van der Waals surface area contributed by atoms with Gasteiger partial charge in [0.2, 0.25) is 11.8 Å². The molecule has 0 bridgehead atoms. The van der Waals surface area contributed by atoms with E-state index in [0.29, 0.717) is 30.8 Å². The summed E-state index contributed by atoms with van der Waals surface area (Å²) in [5.41, 5.74) is 2.48. The first kappa shape index (κ1) is 26.1. The third-order valence-corrected chi connectivity index (χ3v) is 8.31. The van der Waals surface area contributed by atoms with Crippen LogP contribution in [-0.4, -0.2) is 65.3 Å². The minimum Gasteiger partial charge on any atom is -0.487 e. The number of nitrogens with zero attached hydrogens (tertiary/aromatic N) is 2. The van der Waals surface area contributed by atoms with Crippen LogP contribution in [0.1, 0.15) is 47.7 Å². The molecule has 3 heterocycles. The standard InChI is InChI=1S/C27H30FIN4O4/c1-2-30-22-9-10-32(13-16-3-4-18(28)12-21(16)29)15-24(22)37-19-5-6-20-17(11-19)14-33(27(20)36)23-7-8-25(34)31-26(23)35/h3-6,11-12,22-24,30H,2,7-10,13-15H2,1H3,(H,31,34,35)/t22-,23?,24-/m0/s1. The SMILES string of the molecule is CCN[C@H]1CCN(Cc2ccc(F)cc2I)C[C@@H]1Oc1ccc2c(c1)CN(C1CCC(=O)NC1=O)C2=O. The first-order valence-corrected chi connectivity index (χ1v) is 13.7. The normalized spacial score (nSPS) is 24.2. The van der Waals surface area contributed by atoms with Crippen molar-refractivity contribution in [3.05, 3.63) is 62.5 Å². The Morgan fingerprint density at radius 1 is 1.16 bits per heavy atom. The van der Waals surface area contributed by atoms with Gasteiger partial charge in [-0.25, -0.2) is 4.39 Å². The highest BCUT2D eigenvalue weighted by Gasteiger charge is 2.39. The number of nitrogens with one attached hydrogen (secondary N) is 2. The number of halogens is 2. The molecular formula is C27H30FIN4O4. The number of carbonyl (C=O) groups excluding carboxylic acids is 3. The van der Waals surface area contributed by atoms with Crippen LogP contribution >= 0.6 is 22.6 Å². The number of amides is 3. The van der Waals surface area contributed by atoms with E-state index in [1.165, 1.54) is 6.07 Å². The van der Waals surface area contributed by atoms with E-state index in [1.807, 2.05) is 18.2 Å². The van der Waals surface area contributed by atoms with Crippen LogP contribution < -0.4 is 15.4 Å². The number of benzene rings is 2. The molecule has 0 radical (unpaired) electrons. The van der Waals surface area contributed by atoms with Gasteiger partial charge in [0.15, 0.2) is 0 Å². The van der Waals surface area contributed by atoms with Crippen molar-refractivity contribution in [2.75, 3.05) is 19.6 Å². The second kappa shape index (κ2) is 11.0. The Labute approximate surface area is 229 Å². The second-order valence-corrected chi connectivity index (χ2v) is 11.0. The maximum absolute atomic E-state index is 13.5. The Bertz CT molecular complexity index is 1220. The van der Waals surface area contributed by atoms with E-state index in [9.17, 15) is 18.8 Å². The maximum atomic E-state index is 13.5. The van der Waals surface area contributed by atoms with Crippen molar-refractivity contribution in [1.82, 2.24) is 20.4 Å². The third kappa shape index (κ3) is 5.65. The lowest BCUT2D eigenvalue weighted by molar-refractivity contribution is -0.136. The van der Waals surface area contributed by atoms with Crippen molar-refractivity contribution in [2.45, 2.75) is 57.5 Å². The van der Waals surface area contributed by atoms with E-state index in [-0.39, 0.29) is 36.2 Å². The highest BCUT2D eigenvalue weighted by Crippen LogP contribution is 2.31. The van der Waals surface area contributed by atoms with E-state index in [2.05, 4.69) is 45.0 Å². The van der Waals surface area contributed by atoms with E-state index >= 15 is 0 Å². The third-order valence-electron chi connectivity index (χ3n) is 7.30. The molecular weight excluding hydrogens is 590 g/mol. The molecule has 196 valence electrons. The van der Waals surface area contributed by atoms with Crippen LogP contribution in [0.25, 0.3) is 0 Å². The van der Waals surface area contributed by atoms with Gasteiger partial charge in [0, 0.05) is 47.8 Å². The molecule has 3 aliphatic rings. The lowest BCUT2D eigenvalue weighted by atomic mass is 10.0. The fourth-order valence-corrected chi connectivity index (χ4v) is 6.08. The number of likely N-dealkylation sites (N-methyl/N-ethyl adjacent to an activating group) is 1. The zero-order chi connectivity index (χ0) is 26.1. The highest BCUT2D eigenvalue weighted by atomic mass is 127. The van der Waals surface area contributed by atoms with Gasteiger partial charge in [0.05, 0.1) is 0 Å². The van der Waals surface area contributed by atoms with Gasteiger partial charge in [0.25, 0.3) is 5.91 Å². The minimum absolute atomic E-state index is 0.104. The summed E-state index contributed by atoms with van der Waals surface area (Å²) >= 11 is 2.18. The van der Waals surface area contributed by atoms with Crippen LogP contribution in [0.2, 0.25) is 0 Å². The Morgan fingerprint density at radius 2 is 2.00 bits per heavy atom. The molecule has 10 heteroatoms. The topological polar surface area (TPSA) is 91.0 Å². The van der Waals surface area contributed by atoms with Crippen molar-refractivity contribution in [1.29, 1.82) is 0 Å². The first-order chi connectivity index (χ1) is 17.8. The largest absolute Gasteiger partial charge is 0.487 e. The van der Waals surface area contributed by atoms with Crippen LogP contribution in [0, 0.1) is 9.39 Å². The van der Waals surface area contributed by atoms with Gasteiger partial charge >= 0.3 is 0 Å². The number of fused-ring (bicyclic) bond motifs is 1. The molecule has 5 rings (SSSR count). The number of carbonyl (C=O) groups is 3. The molecule has 3 aliphatic heterocycles. The molecule has 0 aromatic heterocycles. The van der Waals surface area contributed by atoms with Crippen molar-refractivity contribution in [2.24, 2.45) is 0 Å². The summed E-state index contributed by atoms with van der Waals surface area (Å²) in [7, 11) is 0. The molecule has 3 amide bonds. The molecule has 3 atom stereocenters. The second-order valence-electron chi connectivity index (χ2n) is 9.80.